The van der Waals surface area contributed by atoms with Crippen LogP contribution in [0.25, 0.3) is 0 Å². The van der Waals surface area contributed by atoms with Gasteiger partial charge in [0.15, 0.2) is 0 Å². The summed E-state index contributed by atoms with van der Waals surface area (Å²) < 4.78 is 0. The van der Waals surface area contributed by atoms with E-state index in [0.717, 1.165) is 36.2 Å². The highest BCUT2D eigenvalue weighted by Crippen LogP contribution is 2.35. The van der Waals surface area contributed by atoms with Crippen LogP contribution in [-0.4, -0.2) is 48.3 Å². The first-order valence-electron chi connectivity index (χ1n) is 10.2. The van der Waals surface area contributed by atoms with Crippen molar-refractivity contribution in [2.24, 2.45) is 0 Å². The van der Waals surface area contributed by atoms with E-state index in [0.29, 0.717) is 0 Å². The van der Waals surface area contributed by atoms with Crippen molar-refractivity contribution in [3.63, 3.8) is 0 Å². The third-order valence-electron chi connectivity index (χ3n) is 5.56. The van der Waals surface area contributed by atoms with Gasteiger partial charge in [0.25, 0.3) is 0 Å². The van der Waals surface area contributed by atoms with Gasteiger partial charge in [-0.1, -0.05) is 24.6 Å². The number of thiophene rings is 1. The molecule has 156 valence electrons. The number of nitrogens with zero attached hydrogens (tertiary/aromatic N) is 2. The number of hydrogen-bond donors (Lipinski definition) is 1. The van der Waals surface area contributed by atoms with Crippen LogP contribution in [0.5, 0.6) is 0 Å². The van der Waals surface area contributed by atoms with Crippen molar-refractivity contribution in [2.75, 3.05) is 32.0 Å². The number of amides is 2. The molecular formula is C23H31N3O2S. The number of carbonyl (C=O) groups excluding carboxylic acids is 2. The van der Waals surface area contributed by atoms with Gasteiger partial charge in [-0.05, 0) is 68.8 Å². The van der Waals surface area contributed by atoms with Crippen LogP contribution in [-0.2, 0) is 16.0 Å². The van der Waals surface area contributed by atoms with Gasteiger partial charge in [-0.2, -0.15) is 0 Å². The van der Waals surface area contributed by atoms with E-state index in [4.69, 9.17) is 0 Å². The van der Waals surface area contributed by atoms with Gasteiger partial charge < -0.3 is 10.2 Å². The van der Waals surface area contributed by atoms with E-state index in [1.165, 1.54) is 16.0 Å². The molecule has 29 heavy (non-hydrogen) atoms. The molecule has 0 spiro atoms. The molecule has 0 saturated carbocycles. The number of rotatable bonds is 6. The molecule has 1 N–H and O–H groups in total. The zero-order valence-electron chi connectivity index (χ0n) is 18.0. The Labute approximate surface area is 177 Å². The predicted molar refractivity (Wildman–Crippen MR) is 120 cm³/mol. The van der Waals surface area contributed by atoms with E-state index in [1.54, 1.807) is 16.2 Å². The molecule has 1 aromatic carbocycles. The molecule has 2 heterocycles. The summed E-state index contributed by atoms with van der Waals surface area (Å²) >= 11 is 1.78. The van der Waals surface area contributed by atoms with Crippen molar-refractivity contribution in [2.45, 2.75) is 46.6 Å². The van der Waals surface area contributed by atoms with Gasteiger partial charge in [-0.25, -0.2) is 0 Å². The van der Waals surface area contributed by atoms with E-state index in [9.17, 15) is 9.59 Å². The Kier molecular flexibility index (Phi) is 6.75. The normalized spacial score (nSPS) is 16.1. The third kappa shape index (κ3) is 4.87. The fraction of sp³-hybridized carbons (Fsp3) is 0.478. The summed E-state index contributed by atoms with van der Waals surface area (Å²) in [5, 5.41) is 5.13. The fourth-order valence-electron chi connectivity index (χ4n) is 4.31. The number of fused-ring (bicyclic) bond motifs is 1. The van der Waals surface area contributed by atoms with Crippen LogP contribution in [0.15, 0.2) is 23.6 Å². The largest absolute Gasteiger partial charge is 0.334 e. The number of carbonyl (C=O) groups is 2. The molecule has 0 aliphatic carbocycles. The van der Waals surface area contributed by atoms with Gasteiger partial charge in [-0.15, -0.1) is 11.3 Å². The maximum Gasteiger partial charge on any atom is 0.238 e. The maximum absolute atomic E-state index is 13.0. The van der Waals surface area contributed by atoms with Crippen LogP contribution in [0.3, 0.4) is 0 Å². The number of anilines is 1. The Bertz CT molecular complexity index is 882. The summed E-state index contributed by atoms with van der Waals surface area (Å²) in [5.74, 6) is -0.00661. The molecule has 3 rings (SSSR count). The average Bonchev–Trinajstić information content (AvgIpc) is 3.12. The highest BCUT2D eigenvalue weighted by atomic mass is 32.1. The Hall–Kier alpha value is -2.18. The smallest absolute Gasteiger partial charge is 0.238 e. The van der Waals surface area contributed by atoms with Gasteiger partial charge in [0.05, 0.1) is 19.1 Å². The summed E-state index contributed by atoms with van der Waals surface area (Å²) in [6.45, 7) is 9.37. The molecule has 2 amide bonds. The fourth-order valence-corrected chi connectivity index (χ4v) is 5.24. The highest BCUT2D eigenvalue weighted by Gasteiger charge is 2.30. The molecule has 5 nitrogen and oxygen atoms in total. The molecule has 6 heteroatoms. The molecule has 1 aliphatic heterocycles. The van der Waals surface area contributed by atoms with Gasteiger partial charge in [0.1, 0.15) is 0 Å². The molecule has 0 radical (unpaired) electrons. The standard InChI is InChI=1S/C23H31N3O2S/c1-6-19-18-8-10-29-20(18)7-9-26(19)22(28)14-25(5)13-21(27)24-23-16(3)11-15(2)12-17(23)4/h8,10-12,19H,6-7,9,13-14H2,1-5H3,(H,24,27). The van der Waals surface area contributed by atoms with E-state index < -0.39 is 0 Å². The molecule has 1 aliphatic rings. The summed E-state index contributed by atoms with van der Waals surface area (Å²) in [7, 11) is 1.83. The minimum Gasteiger partial charge on any atom is -0.334 e. The summed E-state index contributed by atoms with van der Waals surface area (Å²) in [5.41, 5.74) is 5.46. The zero-order chi connectivity index (χ0) is 21.1. The first-order valence-corrected chi connectivity index (χ1v) is 11.1. The minimum atomic E-state index is -0.0961. The lowest BCUT2D eigenvalue weighted by molar-refractivity contribution is -0.135. The van der Waals surface area contributed by atoms with Crippen molar-refractivity contribution < 1.29 is 9.59 Å². The minimum absolute atomic E-state index is 0.0895. The first kappa shape index (κ1) is 21.5. The van der Waals surface area contributed by atoms with Crippen molar-refractivity contribution in [1.29, 1.82) is 0 Å². The van der Waals surface area contributed by atoms with Gasteiger partial charge >= 0.3 is 0 Å². The number of likely N-dealkylation sites (N-methyl/N-ethyl adjacent to an activating group) is 1. The molecule has 0 fully saturated rings. The second-order valence-corrected chi connectivity index (χ2v) is 9.06. The van der Waals surface area contributed by atoms with E-state index in [1.807, 2.05) is 32.7 Å². The Balaban J connectivity index is 1.58. The van der Waals surface area contributed by atoms with Crippen LogP contribution in [0.4, 0.5) is 5.69 Å². The molecule has 1 aromatic heterocycles. The first-order chi connectivity index (χ1) is 13.8. The van der Waals surface area contributed by atoms with Gasteiger partial charge in [0, 0.05) is 17.1 Å². The second kappa shape index (κ2) is 9.09. The summed E-state index contributed by atoms with van der Waals surface area (Å²) in [6.07, 6.45) is 1.83. The maximum atomic E-state index is 13.0. The molecular weight excluding hydrogens is 382 g/mol. The lowest BCUT2D eigenvalue weighted by Gasteiger charge is -2.36. The van der Waals surface area contributed by atoms with Crippen LogP contribution in [0, 0.1) is 20.8 Å². The highest BCUT2D eigenvalue weighted by molar-refractivity contribution is 7.10. The van der Waals surface area contributed by atoms with Crippen LogP contribution in [0.1, 0.15) is 46.5 Å². The summed E-state index contributed by atoms with van der Waals surface area (Å²) in [6, 6.07) is 6.43. The Morgan fingerprint density at radius 2 is 1.90 bits per heavy atom. The predicted octanol–water partition coefficient (Wildman–Crippen LogP) is 4.08. The number of nitrogens with one attached hydrogen (secondary N) is 1. The molecule has 1 atom stereocenters. The zero-order valence-corrected chi connectivity index (χ0v) is 18.9. The van der Waals surface area contributed by atoms with Gasteiger partial charge in [0.2, 0.25) is 11.8 Å². The quantitative estimate of drug-likeness (QED) is 0.776. The number of hydrogen-bond acceptors (Lipinski definition) is 4. The SMILES string of the molecule is CCC1c2ccsc2CCN1C(=O)CN(C)CC(=O)Nc1c(C)cc(C)cc1C. The molecule has 0 saturated heterocycles. The summed E-state index contributed by atoms with van der Waals surface area (Å²) in [4.78, 5) is 30.7. The van der Waals surface area contributed by atoms with Crippen LogP contribution < -0.4 is 5.32 Å². The van der Waals surface area contributed by atoms with Crippen molar-refractivity contribution in [3.8, 4) is 0 Å². The average molecular weight is 414 g/mol. The monoisotopic (exact) mass is 413 g/mol. The lowest BCUT2D eigenvalue weighted by Crippen LogP contribution is -2.45. The van der Waals surface area contributed by atoms with Crippen LogP contribution in [0.2, 0.25) is 0 Å². The van der Waals surface area contributed by atoms with Crippen molar-refractivity contribution >= 4 is 28.8 Å². The molecule has 1 unspecified atom stereocenters. The van der Waals surface area contributed by atoms with E-state index in [-0.39, 0.29) is 30.9 Å². The third-order valence-corrected chi connectivity index (χ3v) is 6.56. The number of benzene rings is 1. The van der Waals surface area contributed by atoms with Crippen LogP contribution >= 0.6 is 11.3 Å². The Morgan fingerprint density at radius 3 is 2.55 bits per heavy atom. The topological polar surface area (TPSA) is 52.7 Å². The van der Waals surface area contributed by atoms with E-state index >= 15 is 0 Å². The molecule has 2 aromatic rings. The Morgan fingerprint density at radius 1 is 1.21 bits per heavy atom. The van der Waals surface area contributed by atoms with Crippen molar-refractivity contribution in [1.82, 2.24) is 9.80 Å². The van der Waals surface area contributed by atoms with Crippen molar-refractivity contribution in [3.05, 3.63) is 50.7 Å². The lowest BCUT2D eigenvalue weighted by atomic mass is 9.97. The second-order valence-electron chi connectivity index (χ2n) is 8.05. The van der Waals surface area contributed by atoms with Gasteiger partial charge in [-0.3, -0.25) is 14.5 Å². The molecule has 0 bridgehead atoms. The number of aryl methyl sites for hydroxylation is 3. The van der Waals surface area contributed by atoms with E-state index in [2.05, 4.69) is 35.8 Å².